The summed E-state index contributed by atoms with van der Waals surface area (Å²) in [6.07, 6.45) is 4.05. The molecule has 0 saturated heterocycles. The minimum atomic E-state index is -0.705. The van der Waals surface area contributed by atoms with E-state index in [-0.39, 0.29) is 11.8 Å². The van der Waals surface area contributed by atoms with Gasteiger partial charge in [0, 0.05) is 12.4 Å². The van der Waals surface area contributed by atoms with Crippen molar-refractivity contribution in [3.63, 3.8) is 0 Å². The van der Waals surface area contributed by atoms with Gasteiger partial charge in [0.05, 0.1) is 5.69 Å². The molecule has 0 aliphatic carbocycles. The van der Waals surface area contributed by atoms with Gasteiger partial charge in [0.15, 0.2) is 0 Å². The maximum atomic E-state index is 12.5. The van der Waals surface area contributed by atoms with Gasteiger partial charge in [-0.05, 0) is 18.9 Å². The van der Waals surface area contributed by atoms with Crippen molar-refractivity contribution in [2.75, 3.05) is 0 Å². The predicted molar refractivity (Wildman–Crippen MR) is 77.6 cm³/mol. The number of carbonyl (C=O) groups excluding carboxylic acids is 2. The van der Waals surface area contributed by atoms with E-state index in [4.69, 9.17) is 5.73 Å². The lowest BCUT2D eigenvalue weighted by Crippen LogP contribution is -2.48. The number of aryl methyl sites for hydroxylation is 1. The van der Waals surface area contributed by atoms with Crippen molar-refractivity contribution >= 4 is 17.6 Å². The van der Waals surface area contributed by atoms with Gasteiger partial charge in [-0.1, -0.05) is 20.3 Å². The van der Waals surface area contributed by atoms with Crippen LogP contribution in [0.4, 0.5) is 0 Å². The third-order valence-electron chi connectivity index (χ3n) is 3.60. The Morgan fingerprint density at radius 1 is 1.48 bits per heavy atom. The van der Waals surface area contributed by atoms with Crippen LogP contribution >= 0.6 is 0 Å². The summed E-state index contributed by atoms with van der Waals surface area (Å²) in [5.41, 5.74) is 6.30. The summed E-state index contributed by atoms with van der Waals surface area (Å²) >= 11 is 0. The fourth-order valence-corrected chi connectivity index (χ4v) is 2.21. The molecule has 0 aliphatic heterocycles. The minimum Gasteiger partial charge on any atom is -0.368 e. The van der Waals surface area contributed by atoms with Crippen molar-refractivity contribution in [3.05, 3.63) is 29.8 Å². The summed E-state index contributed by atoms with van der Waals surface area (Å²) in [7, 11) is 0. The number of nitrogens with zero attached hydrogens (tertiary/aromatic N) is 3. The topological polar surface area (TPSA) is 102 Å². The van der Waals surface area contributed by atoms with Crippen LogP contribution in [0.15, 0.2) is 18.5 Å². The van der Waals surface area contributed by atoms with Gasteiger partial charge in [0.25, 0.3) is 5.91 Å². The van der Waals surface area contributed by atoms with Crippen LogP contribution in [0.5, 0.6) is 0 Å². The number of amides is 2. The van der Waals surface area contributed by atoms with Gasteiger partial charge in [0.2, 0.25) is 11.7 Å². The van der Waals surface area contributed by atoms with E-state index >= 15 is 0 Å². The first-order valence-corrected chi connectivity index (χ1v) is 6.85. The fraction of sp³-hybridized carbons (Fsp3) is 0.429. The number of aromatic nitrogens is 3. The van der Waals surface area contributed by atoms with Gasteiger partial charge in [-0.25, -0.2) is 9.97 Å². The normalized spacial score (nSPS) is 13.9. The zero-order valence-electron chi connectivity index (χ0n) is 12.3. The smallest absolute Gasteiger partial charge is 0.270 e. The molecule has 21 heavy (non-hydrogen) atoms. The number of carbonyl (C=O) groups is 2. The lowest BCUT2D eigenvalue weighted by molar-refractivity contribution is -0.120. The van der Waals surface area contributed by atoms with E-state index in [1.54, 1.807) is 29.8 Å². The first-order chi connectivity index (χ1) is 9.95. The average Bonchev–Trinajstić information content (AvgIpc) is 2.79. The molecule has 0 saturated carbocycles. The molecular formula is C14H19N5O2. The van der Waals surface area contributed by atoms with E-state index in [0.29, 0.717) is 17.2 Å². The highest BCUT2D eigenvalue weighted by Gasteiger charge is 2.26. The molecular weight excluding hydrogens is 270 g/mol. The van der Waals surface area contributed by atoms with Crippen LogP contribution in [0.3, 0.4) is 0 Å². The third kappa shape index (κ3) is 2.86. The van der Waals surface area contributed by atoms with Crippen molar-refractivity contribution in [2.24, 2.45) is 11.7 Å². The van der Waals surface area contributed by atoms with Gasteiger partial charge in [-0.2, -0.15) is 0 Å². The van der Waals surface area contributed by atoms with Gasteiger partial charge >= 0.3 is 0 Å². The van der Waals surface area contributed by atoms with Crippen LogP contribution in [-0.4, -0.2) is 32.2 Å². The molecule has 0 bridgehead atoms. The first kappa shape index (κ1) is 15.0. The van der Waals surface area contributed by atoms with Crippen molar-refractivity contribution in [1.29, 1.82) is 0 Å². The SMILES string of the molecule is CC[C@H](C)[C@H](NC(=O)c1c(C)nc2ncccn12)C(N)=O. The molecule has 0 aliphatic rings. The predicted octanol–water partition coefficient (Wildman–Crippen LogP) is 0.668. The van der Waals surface area contributed by atoms with Crippen LogP contribution in [0.2, 0.25) is 0 Å². The highest BCUT2D eigenvalue weighted by molar-refractivity contribution is 5.97. The summed E-state index contributed by atoms with van der Waals surface area (Å²) in [5, 5.41) is 2.70. The van der Waals surface area contributed by atoms with Gasteiger partial charge in [-0.15, -0.1) is 0 Å². The van der Waals surface area contributed by atoms with E-state index in [1.807, 2.05) is 13.8 Å². The number of nitrogens with one attached hydrogen (secondary N) is 1. The Morgan fingerprint density at radius 3 is 2.81 bits per heavy atom. The first-order valence-electron chi connectivity index (χ1n) is 6.85. The quantitative estimate of drug-likeness (QED) is 0.844. The number of nitrogens with two attached hydrogens (primary N) is 1. The number of primary amides is 1. The number of imidazole rings is 1. The van der Waals surface area contributed by atoms with Gasteiger partial charge in [-0.3, -0.25) is 14.0 Å². The Morgan fingerprint density at radius 2 is 2.19 bits per heavy atom. The summed E-state index contributed by atoms with van der Waals surface area (Å²) in [4.78, 5) is 32.3. The molecule has 2 heterocycles. The highest BCUT2D eigenvalue weighted by Crippen LogP contribution is 2.12. The second-order valence-corrected chi connectivity index (χ2v) is 5.07. The van der Waals surface area contributed by atoms with Crippen molar-refractivity contribution in [2.45, 2.75) is 33.2 Å². The molecule has 2 rings (SSSR count). The second-order valence-electron chi connectivity index (χ2n) is 5.07. The molecule has 0 radical (unpaired) electrons. The monoisotopic (exact) mass is 289 g/mol. The Kier molecular flexibility index (Phi) is 4.21. The summed E-state index contributed by atoms with van der Waals surface area (Å²) < 4.78 is 1.60. The van der Waals surface area contributed by atoms with Crippen molar-refractivity contribution in [1.82, 2.24) is 19.7 Å². The average molecular weight is 289 g/mol. The third-order valence-corrected chi connectivity index (χ3v) is 3.60. The molecule has 7 nitrogen and oxygen atoms in total. The molecule has 0 unspecified atom stereocenters. The molecule has 0 fully saturated rings. The summed E-state index contributed by atoms with van der Waals surface area (Å²) in [6, 6.07) is 1.01. The Labute approximate surface area is 122 Å². The molecule has 0 aromatic carbocycles. The van der Waals surface area contributed by atoms with Gasteiger partial charge in [0.1, 0.15) is 11.7 Å². The Balaban J connectivity index is 2.34. The molecule has 2 amide bonds. The van der Waals surface area contributed by atoms with Crippen LogP contribution < -0.4 is 11.1 Å². The lowest BCUT2D eigenvalue weighted by atomic mass is 9.98. The fourth-order valence-electron chi connectivity index (χ4n) is 2.21. The van der Waals surface area contributed by atoms with Crippen molar-refractivity contribution in [3.8, 4) is 0 Å². The Bertz CT molecular complexity index is 679. The molecule has 7 heteroatoms. The molecule has 3 N–H and O–H groups in total. The molecule has 112 valence electrons. The number of rotatable bonds is 5. The standard InChI is InChI=1S/C14H19N5O2/c1-4-8(2)10(12(15)20)18-13(21)11-9(3)17-14-16-6-5-7-19(11)14/h5-8,10H,4H2,1-3H3,(H2,15,20)(H,18,21)/t8-,10-/m0/s1. The zero-order chi connectivity index (χ0) is 15.6. The van der Waals surface area contributed by atoms with E-state index < -0.39 is 11.9 Å². The zero-order valence-corrected chi connectivity index (χ0v) is 12.3. The minimum absolute atomic E-state index is 0.0379. The maximum absolute atomic E-state index is 12.5. The van der Waals surface area contributed by atoms with E-state index in [0.717, 1.165) is 6.42 Å². The molecule has 0 spiro atoms. The number of fused-ring (bicyclic) bond motifs is 1. The van der Waals surface area contributed by atoms with Gasteiger partial charge < -0.3 is 11.1 Å². The van der Waals surface area contributed by atoms with Crippen LogP contribution in [0.25, 0.3) is 5.78 Å². The number of hydrogen-bond acceptors (Lipinski definition) is 4. The highest BCUT2D eigenvalue weighted by atomic mass is 16.2. The molecule has 2 aromatic rings. The maximum Gasteiger partial charge on any atom is 0.270 e. The van der Waals surface area contributed by atoms with E-state index in [1.165, 1.54) is 0 Å². The number of hydrogen-bond donors (Lipinski definition) is 2. The lowest BCUT2D eigenvalue weighted by Gasteiger charge is -2.21. The Hall–Kier alpha value is -2.44. The van der Waals surface area contributed by atoms with Crippen LogP contribution in [0.1, 0.15) is 36.5 Å². The largest absolute Gasteiger partial charge is 0.368 e. The summed E-state index contributed by atoms with van der Waals surface area (Å²) in [6.45, 7) is 5.54. The molecule has 2 aromatic heterocycles. The van der Waals surface area contributed by atoms with Crippen LogP contribution in [0, 0.1) is 12.8 Å². The molecule has 2 atom stereocenters. The second kappa shape index (κ2) is 5.90. The van der Waals surface area contributed by atoms with E-state index in [2.05, 4.69) is 15.3 Å². The van der Waals surface area contributed by atoms with E-state index in [9.17, 15) is 9.59 Å². The van der Waals surface area contributed by atoms with Crippen molar-refractivity contribution < 1.29 is 9.59 Å². The summed E-state index contributed by atoms with van der Waals surface area (Å²) in [5.74, 6) is -0.511. The van der Waals surface area contributed by atoms with Crippen LogP contribution in [-0.2, 0) is 4.79 Å².